The number of benzene rings is 1. The second kappa shape index (κ2) is 3.29. The molecule has 2 aromatic rings. The van der Waals surface area contributed by atoms with E-state index in [1.54, 1.807) is 0 Å². The van der Waals surface area contributed by atoms with Crippen molar-refractivity contribution in [2.45, 2.75) is 13.8 Å². The molecule has 1 heterocycles. The first-order valence-electron chi connectivity index (χ1n) is 4.73. The first-order chi connectivity index (χ1) is 6.68. The van der Waals surface area contributed by atoms with Crippen LogP contribution >= 0.6 is 0 Å². The van der Waals surface area contributed by atoms with E-state index in [2.05, 4.69) is 37.0 Å². The summed E-state index contributed by atoms with van der Waals surface area (Å²) in [7, 11) is 2.02. The number of nitrogens with zero attached hydrogens (tertiary/aromatic N) is 2. The minimum absolute atomic E-state index is 1.03. The van der Waals surface area contributed by atoms with E-state index < -0.39 is 0 Å². The maximum Gasteiger partial charge on any atom is 0.139 e. The molecule has 0 aliphatic heterocycles. The minimum atomic E-state index is 1.03. The molecule has 0 fully saturated rings. The zero-order chi connectivity index (χ0) is 10.1. The largest absolute Gasteiger partial charge is 0.334 e. The average molecular weight is 186 g/mol. The van der Waals surface area contributed by atoms with Crippen LogP contribution in [0.4, 0.5) is 0 Å². The van der Waals surface area contributed by atoms with Crippen molar-refractivity contribution < 1.29 is 0 Å². The Balaban J connectivity index is 2.58. The molecule has 0 saturated carbocycles. The van der Waals surface area contributed by atoms with Gasteiger partial charge in [0, 0.05) is 25.0 Å². The Bertz CT molecular complexity index is 455. The highest BCUT2D eigenvalue weighted by molar-refractivity contribution is 5.60. The lowest BCUT2D eigenvalue weighted by atomic mass is 10.1. The average Bonchev–Trinajstić information content (AvgIpc) is 2.52. The Morgan fingerprint density at radius 1 is 1.21 bits per heavy atom. The van der Waals surface area contributed by atoms with Gasteiger partial charge >= 0.3 is 0 Å². The Labute approximate surface area is 84.2 Å². The Morgan fingerprint density at radius 3 is 2.57 bits per heavy atom. The van der Waals surface area contributed by atoms with E-state index in [4.69, 9.17) is 0 Å². The summed E-state index contributed by atoms with van der Waals surface area (Å²) < 4.78 is 2.04. The molecular formula is C12H14N2. The van der Waals surface area contributed by atoms with Gasteiger partial charge in [-0.2, -0.15) is 0 Å². The van der Waals surface area contributed by atoms with E-state index in [-0.39, 0.29) is 0 Å². The molecule has 0 amide bonds. The molecule has 0 saturated heterocycles. The highest BCUT2D eigenvalue weighted by atomic mass is 15.0. The van der Waals surface area contributed by atoms with Gasteiger partial charge in [-0.15, -0.1) is 0 Å². The molecule has 2 heteroatoms. The quantitative estimate of drug-likeness (QED) is 0.669. The van der Waals surface area contributed by atoms with Crippen molar-refractivity contribution in [3.8, 4) is 11.4 Å². The predicted molar refractivity (Wildman–Crippen MR) is 58.1 cm³/mol. The Morgan fingerprint density at radius 2 is 2.00 bits per heavy atom. The van der Waals surface area contributed by atoms with Gasteiger partial charge in [0.2, 0.25) is 0 Å². The zero-order valence-electron chi connectivity index (χ0n) is 8.78. The number of rotatable bonds is 1. The molecule has 14 heavy (non-hydrogen) atoms. The van der Waals surface area contributed by atoms with Gasteiger partial charge < -0.3 is 4.57 Å². The van der Waals surface area contributed by atoms with Crippen molar-refractivity contribution in [1.82, 2.24) is 9.55 Å². The van der Waals surface area contributed by atoms with Crippen molar-refractivity contribution in [2.75, 3.05) is 0 Å². The molecule has 72 valence electrons. The normalized spacial score (nSPS) is 10.5. The zero-order valence-corrected chi connectivity index (χ0v) is 8.78. The fourth-order valence-electron chi connectivity index (χ4n) is 1.69. The predicted octanol–water partition coefficient (Wildman–Crippen LogP) is 2.70. The van der Waals surface area contributed by atoms with Gasteiger partial charge in [-0.3, -0.25) is 0 Å². The van der Waals surface area contributed by atoms with Crippen LogP contribution in [0, 0.1) is 13.8 Å². The smallest absolute Gasteiger partial charge is 0.139 e. The standard InChI is InChI=1S/C12H14N2/c1-9-4-5-11(10(2)8-9)12-13-6-7-14(12)3/h4-8H,1-3H3. The van der Waals surface area contributed by atoms with Gasteiger partial charge in [-0.25, -0.2) is 4.98 Å². The molecule has 0 aliphatic rings. The van der Waals surface area contributed by atoms with Crippen LogP contribution in [0.25, 0.3) is 11.4 Å². The fraction of sp³-hybridized carbons (Fsp3) is 0.250. The van der Waals surface area contributed by atoms with E-state index in [1.165, 1.54) is 16.7 Å². The van der Waals surface area contributed by atoms with Crippen molar-refractivity contribution in [3.05, 3.63) is 41.7 Å². The molecule has 0 unspecified atom stereocenters. The molecular weight excluding hydrogens is 172 g/mol. The summed E-state index contributed by atoms with van der Waals surface area (Å²) >= 11 is 0. The summed E-state index contributed by atoms with van der Waals surface area (Å²) in [4.78, 5) is 4.34. The number of imidazole rings is 1. The highest BCUT2D eigenvalue weighted by Crippen LogP contribution is 2.21. The maximum absolute atomic E-state index is 4.34. The number of hydrogen-bond donors (Lipinski definition) is 0. The molecule has 0 bridgehead atoms. The monoisotopic (exact) mass is 186 g/mol. The summed E-state index contributed by atoms with van der Waals surface area (Å²) in [5.41, 5.74) is 3.78. The van der Waals surface area contributed by atoms with Crippen molar-refractivity contribution in [1.29, 1.82) is 0 Å². The molecule has 0 radical (unpaired) electrons. The SMILES string of the molecule is Cc1ccc(-c2nccn2C)c(C)c1. The second-order valence-electron chi connectivity index (χ2n) is 3.68. The number of hydrogen-bond acceptors (Lipinski definition) is 1. The van der Waals surface area contributed by atoms with E-state index in [0.717, 1.165) is 5.82 Å². The summed E-state index contributed by atoms with van der Waals surface area (Å²) in [5, 5.41) is 0. The van der Waals surface area contributed by atoms with Gasteiger partial charge in [0.15, 0.2) is 0 Å². The van der Waals surface area contributed by atoms with Crippen molar-refractivity contribution in [2.24, 2.45) is 7.05 Å². The van der Waals surface area contributed by atoms with Crippen LogP contribution in [-0.4, -0.2) is 9.55 Å². The van der Waals surface area contributed by atoms with Crippen LogP contribution in [0.2, 0.25) is 0 Å². The lowest BCUT2D eigenvalue weighted by Gasteiger charge is -2.06. The molecule has 1 aromatic heterocycles. The van der Waals surface area contributed by atoms with Crippen LogP contribution in [0.15, 0.2) is 30.6 Å². The molecule has 2 rings (SSSR count). The van der Waals surface area contributed by atoms with Gasteiger partial charge in [0.1, 0.15) is 5.82 Å². The third kappa shape index (κ3) is 1.43. The minimum Gasteiger partial charge on any atom is -0.334 e. The first-order valence-corrected chi connectivity index (χ1v) is 4.73. The maximum atomic E-state index is 4.34. The molecule has 0 atom stereocenters. The van der Waals surface area contributed by atoms with Crippen LogP contribution in [0.3, 0.4) is 0 Å². The summed E-state index contributed by atoms with van der Waals surface area (Å²) in [6.45, 7) is 4.23. The summed E-state index contributed by atoms with van der Waals surface area (Å²) in [5.74, 6) is 1.03. The van der Waals surface area contributed by atoms with Crippen molar-refractivity contribution in [3.63, 3.8) is 0 Å². The molecule has 0 N–H and O–H groups in total. The van der Waals surface area contributed by atoms with Crippen LogP contribution in [0.5, 0.6) is 0 Å². The summed E-state index contributed by atoms with van der Waals surface area (Å²) in [6.07, 6.45) is 3.79. The molecule has 0 spiro atoms. The van der Waals surface area contributed by atoms with E-state index in [1.807, 2.05) is 24.0 Å². The molecule has 2 nitrogen and oxygen atoms in total. The van der Waals surface area contributed by atoms with Gasteiger partial charge in [-0.1, -0.05) is 23.8 Å². The van der Waals surface area contributed by atoms with E-state index in [0.29, 0.717) is 0 Å². The van der Waals surface area contributed by atoms with Crippen molar-refractivity contribution >= 4 is 0 Å². The van der Waals surface area contributed by atoms with Crippen LogP contribution < -0.4 is 0 Å². The van der Waals surface area contributed by atoms with Gasteiger partial charge in [0.05, 0.1) is 0 Å². The second-order valence-corrected chi connectivity index (χ2v) is 3.68. The third-order valence-electron chi connectivity index (χ3n) is 2.44. The van der Waals surface area contributed by atoms with E-state index >= 15 is 0 Å². The molecule has 0 aliphatic carbocycles. The lowest BCUT2D eigenvalue weighted by Crippen LogP contribution is -1.93. The Hall–Kier alpha value is -1.57. The topological polar surface area (TPSA) is 17.8 Å². The van der Waals surface area contributed by atoms with E-state index in [9.17, 15) is 0 Å². The number of aryl methyl sites for hydroxylation is 3. The lowest BCUT2D eigenvalue weighted by molar-refractivity contribution is 0.923. The van der Waals surface area contributed by atoms with Gasteiger partial charge in [-0.05, 0) is 19.4 Å². The fourth-order valence-corrected chi connectivity index (χ4v) is 1.69. The van der Waals surface area contributed by atoms with Crippen LogP contribution in [-0.2, 0) is 7.05 Å². The third-order valence-corrected chi connectivity index (χ3v) is 2.44. The van der Waals surface area contributed by atoms with Crippen LogP contribution in [0.1, 0.15) is 11.1 Å². The van der Waals surface area contributed by atoms with Gasteiger partial charge in [0.25, 0.3) is 0 Å². The molecule has 1 aromatic carbocycles. The highest BCUT2D eigenvalue weighted by Gasteiger charge is 2.05. The first kappa shape index (κ1) is 9.00. The number of aromatic nitrogens is 2. The Kier molecular flexibility index (Phi) is 2.12. The summed E-state index contributed by atoms with van der Waals surface area (Å²) in [6, 6.07) is 6.44.